The first-order valence-corrected chi connectivity index (χ1v) is 6.42. The van der Waals surface area contributed by atoms with E-state index in [-0.39, 0.29) is 0 Å². The highest BCUT2D eigenvalue weighted by atomic mass is 79.9. The summed E-state index contributed by atoms with van der Waals surface area (Å²) < 4.78 is 24.7. The van der Waals surface area contributed by atoms with Crippen molar-refractivity contribution in [2.75, 3.05) is 7.11 Å². The second-order valence-electron chi connectivity index (χ2n) is 3.55. The summed E-state index contributed by atoms with van der Waals surface area (Å²) in [5.41, 5.74) is 0.828. The third-order valence-corrected chi connectivity index (χ3v) is 2.45. The molecule has 0 bridgehead atoms. The first-order chi connectivity index (χ1) is 9.49. The second-order valence-corrected chi connectivity index (χ2v) is 4.46. The predicted octanol–water partition coefficient (Wildman–Crippen LogP) is 3.47. The van der Waals surface area contributed by atoms with Gasteiger partial charge in [0.15, 0.2) is 0 Å². The molecule has 0 aliphatic rings. The number of pyridine rings is 1. The number of aliphatic hydroxyl groups is 2. The molecule has 3 nitrogen and oxygen atoms in total. The van der Waals surface area contributed by atoms with E-state index < -0.39 is 17.7 Å². The van der Waals surface area contributed by atoms with Crippen LogP contribution in [0.25, 0.3) is 0 Å². The van der Waals surface area contributed by atoms with Crippen molar-refractivity contribution >= 4 is 15.9 Å². The maximum atomic E-state index is 11.9. The molecule has 1 atom stereocenters. The molecule has 2 aromatic rings. The third-order valence-electron chi connectivity index (χ3n) is 2.01. The van der Waals surface area contributed by atoms with Crippen molar-refractivity contribution in [1.29, 1.82) is 0 Å². The van der Waals surface area contributed by atoms with E-state index in [0.29, 0.717) is 0 Å². The molecule has 0 fully saturated rings. The number of aromatic nitrogens is 1. The number of nitrogens with zero attached hydrogens (tertiary/aromatic N) is 1. The molecule has 0 aliphatic carbocycles. The molecular formula is C14H16BrF2NO2. The number of hydrogen-bond acceptors (Lipinski definition) is 3. The van der Waals surface area contributed by atoms with Crippen LogP contribution in [0.1, 0.15) is 18.6 Å². The molecule has 0 spiro atoms. The second kappa shape index (κ2) is 10.4. The van der Waals surface area contributed by atoms with Crippen molar-refractivity contribution in [3.05, 3.63) is 64.4 Å². The van der Waals surface area contributed by atoms with Gasteiger partial charge < -0.3 is 10.2 Å². The van der Waals surface area contributed by atoms with Crippen LogP contribution in [0.4, 0.5) is 8.78 Å². The number of hydrogen-bond donors (Lipinski definition) is 2. The van der Waals surface area contributed by atoms with Crippen LogP contribution in [0.15, 0.2) is 47.2 Å². The van der Waals surface area contributed by atoms with E-state index in [1.807, 2.05) is 6.07 Å². The predicted molar refractivity (Wildman–Crippen MR) is 77.1 cm³/mol. The van der Waals surface area contributed by atoms with Gasteiger partial charge in [-0.15, -0.1) is 0 Å². The normalized spacial score (nSPS) is 10.6. The molecule has 0 aliphatic heterocycles. The zero-order chi connectivity index (χ0) is 15.5. The first kappa shape index (κ1) is 18.6. The van der Waals surface area contributed by atoms with Crippen molar-refractivity contribution in [2.45, 2.75) is 13.0 Å². The van der Waals surface area contributed by atoms with Crippen LogP contribution in [-0.4, -0.2) is 22.3 Å². The Kier molecular flexibility index (Phi) is 9.71. The van der Waals surface area contributed by atoms with Crippen LogP contribution in [0.5, 0.6) is 0 Å². The molecule has 0 saturated heterocycles. The van der Waals surface area contributed by atoms with Gasteiger partial charge in [-0.05, 0) is 58.7 Å². The fraction of sp³-hybridized carbons (Fsp3) is 0.214. The highest BCUT2D eigenvalue weighted by Gasteiger charge is 1.99. The van der Waals surface area contributed by atoms with Crippen LogP contribution in [0.3, 0.4) is 0 Å². The lowest BCUT2D eigenvalue weighted by Gasteiger charge is -2.02. The van der Waals surface area contributed by atoms with Crippen molar-refractivity contribution in [2.24, 2.45) is 0 Å². The van der Waals surface area contributed by atoms with Gasteiger partial charge in [0, 0.05) is 24.0 Å². The Morgan fingerprint density at radius 1 is 1.05 bits per heavy atom. The third kappa shape index (κ3) is 7.93. The first-order valence-electron chi connectivity index (χ1n) is 5.63. The molecule has 1 unspecified atom stereocenters. The summed E-state index contributed by atoms with van der Waals surface area (Å²) in [6.45, 7) is 1.71. The lowest BCUT2D eigenvalue weighted by molar-refractivity contribution is 0.199. The zero-order valence-corrected chi connectivity index (χ0v) is 12.7. The monoisotopic (exact) mass is 347 g/mol. The highest BCUT2D eigenvalue weighted by molar-refractivity contribution is 9.10. The quantitative estimate of drug-likeness (QED) is 0.830. The van der Waals surface area contributed by atoms with Crippen LogP contribution in [-0.2, 0) is 0 Å². The molecule has 1 aromatic heterocycles. The SMILES string of the molecule is CC(O)c1cncc(Br)c1.CO.Fc1ccc(F)cc1. The van der Waals surface area contributed by atoms with Crippen molar-refractivity contribution in [3.8, 4) is 0 Å². The van der Waals surface area contributed by atoms with Gasteiger partial charge in [0.2, 0.25) is 0 Å². The summed E-state index contributed by atoms with van der Waals surface area (Å²) >= 11 is 3.26. The number of benzene rings is 1. The number of halogens is 3. The van der Waals surface area contributed by atoms with Gasteiger partial charge in [0.25, 0.3) is 0 Å². The molecule has 2 N–H and O–H groups in total. The maximum absolute atomic E-state index is 11.9. The highest BCUT2D eigenvalue weighted by Crippen LogP contribution is 2.15. The molecule has 0 saturated carbocycles. The Labute approximate surface area is 125 Å². The van der Waals surface area contributed by atoms with Crippen LogP contribution >= 0.6 is 15.9 Å². The van der Waals surface area contributed by atoms with E-state index in [4.69, 9.17) is 10.2 Å². The van der Waals surface area contributed by atoms with Crippen molar-refractivity contribution < 1.29 is 19.0 Å². The Balaban J connectivity index is 0.000000327. The van der Waals surface area contributed by atoms with Crippen LogP contribution in [0, 0.1) is 11.6 Å². The van der Waals surface area contributed by atoms with Gasteiger partial charge in [-0.2, -0.15) is 0 Å². The fourth-order valence-corrected chi connectivity index (χ4v) is 1.47. The lowest BCUT2D eigenvalue weighted by atomic mass is 10.2. The summed E-state index contributed by atoms with van der Waals surface area (Å²) in [6, 6.07) is 6.16. The average Bonchev–Trinajstić information content (AvgIpc) is 2.45. The van der Waals surface area contributed by atoms with Gasteiger partial charge >= 0.3 is 0 Å². The molecule has 2 rings (SSSR count). The summed E-state index contributed by atoms with van der Waals surface area (Å²) in [5, 5.41) is 16.1. The molecule has 110 valence electrons. The van der Waals surface area contributed by atoms with Crippen LogP contribution < -0.4 is 0 Å². The standard InChI is InChI=1S/C7H8BrNO.C6H4F2.CH4O/c1-5(10)6-2-7(8)4-9-3-6;7-5-1-2-6(8)4-3-5;1-2/h2-5,10H,1H3;1-4H;2H,1H3. The topological polar surface area (TPSA) is 53.4 Å². The van der Waals surface area contributed by atoms with Crippen LogP contribution in [0.2, 0.25) is 0 Å². The molecule has 0 radical (unpaired) electrons. The number of aliphatic hydroxyl groups excluding tert-OH is 2. The van der Waals surface area contributed by atoms with E-state index in [1.165, 1.54) is 0 Å². The van der Waals surface area contributed by atoms with Crippen molar-refractivity contribution in [3.63, 3.8) is 0 Å². The summed E-state index contributed by atoms with van der Waals surface area (Å²) in [4.78, 5) is 3.90. The molecular weight excluding hydrogens is 332 g/mol. The fourth-order valence-electron chi connectivity index (χ4n) is 1.09. The number of rotatable bonds is 1. The molecule has 0 amide bonds. The summed E-state index contributed by atoms with van der Waals surface area (Å²) in [6.07, 6.45) is 2.89. The molecule has 1 aromatic carbocycles. The Morgan fingerprint density at radius 2 is 1.50 bits per heavy atom. The van der Waals surface area contributed by atoms with E-state index >= 15 is 0 Å². The summed E-state index contributed by atoms with van der Waals surface area (Å²) in [5.74, 6) is -0.821. The minimum Gasteiger partial charge on any atom is -0.400 e. The average molecular weight is 348 g/mol. The van der Waals surface area contributed by atoms with E-state index in [9.17, 15) is 8.78 Å². The summed E-state index contributed by atoms with van der Waals surface area (Å²) in [7, 11) is 1.00. The molecule has 1 heterocycles. The van der Waals surface area contributed by atoms with E-state index in [2.05, 4.69) is 20.9 Å². The van der Waals surface area contributed by atoms with Gasteiger partial charge in [0.1, 0.15) is 11.6 Å². The van der Waals surface area contributed by atoms with E-state index in [1.54, 1.807) is 19.3 Å². The van der Waals surface area contributed by atoms with Gasteiger partial charge in [0.05, 0.1) is 6.10 Å². The minimum absolute atomic E-state index is 0.411. The minimum atomic E-state index is -0.440. The Morgan fingerprint density at radius 3 is 1.80 bits per heavy atom. The zero-order valence-electron chi connectivity index (χ0n) is 11.1. The van der Waals surface area contributed by atoms with Gasteiger partial charge in [-0.25, -0.2) is 8.78 Å². The Hall–Kier alpha value is -1.37. The van der Waals surface area contributed by atoms with Gasteiger partial charge in [-0.1, -0.05) is 0 Å². The Bertz CT molecular complexity index is 472. The molecule has 20 heavy (non-hydrogen) atoms. The lowest BCUT2D eigenvalue weighted by Crippen LogP contribution is -1.90. The largest absolute Gasteiger partial charge is 0.400 e. The van der Waals surface area contributed by atoms with Crippen molar-refractivity contribution in [1.82, 2.24) is 4.98 Å². The molecule has 6 heteroatoms. The smallest absolute Gasteiger partial charge is 0.123 e. The maximum Gasteiger partial charge on any atom is 0.123 e. The van der Waals surface area contributed by atoms with E-state index in [0.717, 1.165) is 41.4 Å². The van der Waals surface area contributed by atoms with Gasteiger partial charge in [-0.3, -0.25) is 4.98 Å².